The van der Waals surface area contributed by atoms with Crippen molar-refractivity contribution >= 4 is 28.8 Å². The van der Waals surface area contributed by atoms with Crippen molar-refractivity contribution in [3.8, 4) is 6.07 Å². The van der Waals surface area contributed by atoms with Crippen LogP contribution < -0.4 is 15.5 Å². The predicted molar refractivity (Wildman–Crippen MR) is 112 cm³/mol. The van der Waals surface area contributed by atoms with E-state index in [0.717, 1.165) is 18.8 Å². The number of hydrogen-bond acceptors (Lipinski definition) is 6. The van der Waals surface area contributed by atoms with E-state index < -0.39 is 0 Å². The lowest BCUT2D eigenvalue weighted by atomic mass is 10.2. The average molecular weight is 384 g/mol. The van der Waals surface area contributed by atoms with E-state index in [1.807, 2.05) is 18.2 Å². The van der Waals surface area contributed by atoms with Gasteiger partial charge in [0.25, 0.3) is 5.91 Å². The molecule has 7 heteroatoms. The second-order valence-electron chi connectivity index (χ2n) is 6.81. The summed E-state index contributed by atoms with van der Waals surface area (Å²) in [6.45, 7) is 2.23. The molecule has 2 aromatic carbocycles. The van der Waals surface area contributed by atoms with E-state index in [1.165, 1.54) is 18.5 Å². The molecule has 7 nitrogen and oxygen atoms in total. The van der Waals surface area contributed by atoms with Gasteiger partial charge < -0.3 is 15.5 Å². The summed E-state index contributed by atoms with van der Waals surface area (Å²) in [5.74, 6) is 0.206. The average Bonchev–Trinajstić information content (AvgIpc) is 3.30. The van der Waals surface area contributed by atoms with Gasteiger partial charge in [-0.2, -0.15) is 5.26 Å². The number of anilines is 4. The van der Waals surface area contributed by atoms with Gasteiger partial charge in [-0.15, -0.1) is 10.2 Å². The Bertz CT molecular complexity index is 1020. The molecule has 1 aliphatic rings. The second kappa shape index (κ2) is 8.40. The SMILES string of the molecule is N#Cc1ccc(NC(=O)c2ccc(Nc3ccc(N4CCCC4)cc3)nn2)cc1. The molecule has 1 amide bonds. The summed E-state index contributed by atoms with van der Waals surface area (Å²) in [4.78, 5) is 14.7. The van der Waals surface area contributed by atoms with E-state index >= 15 is 0 Å². The first-order chi connectivity index (χ1) is 14.2. The van der Waals surface area contributed by atoms with Crippen molar-refractivity contribution in [2.24, 2.45) is 0 Å². The van der Waals surface area contributed by atoms with Gasteiger partial charge in [-0.05, 0) is 73.5 Å². The van der Waals surface area contributed by atoms with Gasteiger partial charge in [0.15, 0.2) is 11.5 Å². The normalized spacial score (nSPS) is 13.0. The molecular formula is C22H20N6O. The molecule has 4 rings (SSSR count). The fourth-order valence-electron chi connectivity index (χ4n) is 3.22. The number of hydrogen-bond donors (Lipinski definition) is 2. The highest BCUT2D eigenvalue weighted by Gasteiger charge is 2.12. The highest BCUT2D eigenvalue weighted by atomic mass is 16.1. The first-order valence-corrected chi connectivity index (χ1v) is 9.48. The maximum Gasteiger partial charge on any atom is 0.276 e. The number of nitriles is 1. The summed E-state index contributed by atoms with van der Waals surface area (Å²) < 4.78 is 0. The Hall–Kier alpha value is -3.92. The van der Waals surface area contributed by atoms with Gasteiger partial charge in [0.2, 0.25) is 0 Å². The zero-order valence-electron chi connectivity index (χ0n) is 15.8. The van der Waals surface area contributed by atoms with Crippen molar-refractivity contribution in [2.45, 2.75) is 12.8 Å². The van der Waals surface area contributed by atoms with Crippen molar-refractivity contribution in [3.05, 3.63) is 71.9 Å². The zero-order valence-corrected chi connectivity index (χ0v) is 15.8. The first-order valence-electron chi connectivity index (χ1n) is 9.48. The molecule has 1 aromatic heterocycles. The Balaban J connectivity index is 1.37. The summed E-state index contributed by atoms with van der Waals surface area (Å²) >= 11 is 0. The zero-order chi connectivity index (χ0) is 20.1. The van der Waals surface area contributed by atoms with Crippen molar-refractivity contribution in [2.75, 3.05) is 28.6 Å². The lowest BCUT2D eigenvalue weighted by Gasteiger charge is -2.17. The Morgan fingerprint density at radius 1 is 0.897 bits per heavy atom. The van der Waals surface area contributed by atoms with E-state index in [2.05, 4.69) is 37.9 Å². The van der Waals surface area contributed by atoms with Gasteiger partial charge in [0.05, 0.1) is 11.6 Å². The molecule has 0 bridgehead atoms. The molecule has 1 fully saturated rings. The van der Waals surface area contributed by atoms with Crippen LogP contribution in [0.2, 0.25) is 0 Å². The van der Waals surface area contributed by atoms with Crippen molar-refractivity contribution < 1.29 is 4.79 Å². The molecule has 0 radical (unpaired) electrons. The van der Waals surface area contributed by atoms with Crippen molar-refractivity contribution in [1.82, 2.24) is 10.2 Å². The second-order valence-corrected chi connectivity index (χ2v) is 6.81. The number of aromatic nitrogens is 2. The predicted octanol–water partition coefficient (Wildman–Crippen LogP) is 3.94. The monoisotopic (exact) mass is 384 g/mol. The minimum Gasteiger partial charge on any atom is -0.372 e. The van der Waals surface area contributed by atoms with Crippen molar-refractivity contribution in [1.29, 1.82) is 5.26 Å². The molecule has 2 heterocycles. The molecule has 1 aliphatic heterocycles. The van der Waals surface area contributed by atoms with Crippen LogP contribution in [0.15, 0.2) is 60.7 Å². The van der Waals surface area contributed by atoms with Gasteiger partial charge in [0, 0.05) is 30.2 Å². The third-order valence-electron chi connectivity index (χ3n) is 4.78. The Kier molecular flexibility index (Phi) is 5.34. The Morgan fingerprint density at radius 2 is 1.59 bits per heavy atom. The van der Waals surface area contributed by atoms with Crippen molar-refractivity contribution in [3.63, 3.8) is 0 Å². The number of nitrogens with zero attached hydrogens (tertiary/aromatic N) is 4. The summed E-state index contributed by atoms with van der Waals surface area (Å²) in [5.41, 5.74) is 3.48. The van der Waals surface area contributed by atoms with Crippen LogP contribution in [0, 0.1) is 11.3 Å². The van der Waals surface area contributed by atoms with Crippen LogP contribution in [0.3, 0.4) is 0 Å². The lowest BCUT2D eigenvalue weighted by molar-refractivity contribution is 0.102. The summed E-state index contributed by atoms with van der Waals surface area (Å²) in [7, 11) is 0. The number of carbonyl (C=O) groups excluding carboxylic acids is 1. The fraction of sp³-hybridized carbons (Fsp3) is 0.182. The van der Waals surface area contributed by atoms with Crippen LogP contribution in [0.5, 0.6) is 0 Å². The summed E-state index contributed by atoms with van der Waals surface area (Å²) in [6, 6.07) is 20.2. The van der Waals surface area contributed by atoms with Gasteiger partial charge in [-0.25, -0.2) is 0 Å². The molecule has 0 atom stereocenters. The van der Waals surface area contributed by atoms with E-state index in [1.54, 1.807) is 36.4 Å². The molecule has 0 aliphatic carbocycles. The molecule has 3 aromatic rings. The molecule has 0 saturated carbocycles. The van der Waals surface area contributed by atoms with Gasteiger partial charge in [-0.3, -0.25) is 4.79 Å². The number of benzene rings is 2. The van der Waals surface area contributed by atoms with Crippen LogP contribution in [0.1, 0.15) is 28.9 Å². The number of carbonyl (C=O) groups is 1. The topological polar surface area (TPSA) is 93.9 Å². The molecule has 2 N–H and O–H groups in total. The fourth-order valence-corrected chi connectivity index (χ4v) is 3.22. The Morgan fingerprint density at radius 3 is 2.21 bits per heavy atom. The molecular weight excluding hydrogens is 364 g/mol. The van der Waals surface area contributed by atoms with Crippen LogP contribution in [0.25, 0.3) is 0 Å². The number of nitrogens with one attached hydrogen (secondary N) is 2. The molecule has 0 spiro atoms. The van der Waals surface area contributed by atoms with Gasteiger partial charge in [-0.1, -0.05) is 0 Å². The minimum absolute atomic E-state index is 0.212. The third kappa shape index (κ3) is 4.50. The van der Waals surface area contributed by atoms with E-state index in [4.69, 9.17) is 5.26 Å². The molecule has 144 valence electrons. The van der Waals surface area contributed by atoms with E-state index in [0.29, 0.717) is 17.1 Å². The van der Waals surface area contributed by atoms with Crippen LogP contribution >= 0.6 is 0 Å². The third-order valence-corrected chi connectivity index (χ3v) is 4.78. The maximum atomic E-state index is 12.3. The minimum atomic E-state index is -0.358. The lowest BCUT2D eigenvalue weighted by Crippen LogP contribution is -2.17. The van der Waals surface area contributed by atoms with Gasteiger partial charge >= 0.3 is 0 Å². The first kappa shape index (κ1) is 18.4. The maximum absolute atomic E-state index is 12.3. The quantitative estimate of drug-likeness (QED) is 0.692. The van der Waals surface area contributed by atoms with Crippen LogP contribution in [-0.2, 0) is 0 Å². The van der Waals surface area contributed by atoms with Gasteiger partial charge in [0.1, 0.15) is 0 Å². The molecule has 29 heavy (non-hydrogen) atoms. The van der Waals surface area contributed by atoms with Crippen LogP contribution in [0.4, 0.5) is 22.9 Å². The summed E-state index contributed by atoms with van der Waals surface area (Å²) in [5, 5.41) is 22.8. The number of amides is 1. The standard InChI is InChI=1S/C22H20N6O/c23-15-16-3-5-18(6-4-16)25-22(29)20-11-12-21(27-26-20)24-17-7-9-19(10-8-17)28-13-1-2-14-28/h3-12H,1-2,13-14H2,(H,24,27)(H,25,29). The van der Waals surface area contributed by atoms with E-state index in [-0.39, 0.29) is 11.6 Å². The van der Waals surface area contributed by atoms with E-state index in [9.17, 15) is 4.79 Å². The summed E-state index contributed by atoms with van der Waals surface area (Å²) in [6.07, 6.45) is 2.50. The largest absolute Gasteiger partial charge is 0.372 e. The Labute approximate surface area is 169 Å². The highest BCUT2D eigenvalue weighted by molar-refractivity contribution is 6.02. The van der Waals surface area contributed by atoms with Crippen LogP contribution in [-0.4, -0.2) is 29.2 Å². The molecule has 1 saturated heterocycles. The molecule has 0 unspecified atom stereocenters. The number of rotatable bonds is 5. The smallest absolute Gasteiger partial charge is 0.276 e. The highest BCUT2D eigenvalue weighted by Crippen LogP contribution is 2.23.